The van der Waals surface area contributed by atoms with Gasteiger partial charge in [0.2, 0.25) is 0 Å². The normalized spacial score (nSPS) is 12.8. The van der Waals surface area contributed by atoms with Gasteiger partial charge in [-0.15, -0.1) is 0 Å². The van der Waals surface area contributed by atoms with Gasteiger partial charge in [0.15, 0.2) is 0 Å². The van der Waals surface area contributed by atoms with E-state index in [1.165, 1.54) is 5.56 Å². The first-order valence-corrected chi connectivity index (χ1v) is 7.39. The Kier molecular flexibility index (Phi) is 9.24. The summed E-state index contributed by atoms with van der Waals surface area (Å²) in [5.41, 5.74) is 1.18. The van der Waals surface area contributed by atoms with Crippen molar-refractivity contribution in [3.8, 4) is 0 Å². The minimum atomic E-state index is -0.392. The maximum atomic E-state index is 10.3. The molecule has 4 nitrogen and oxygen atoms in total. The molecule has 0 heterocycles. The minimum absolute atomic E-state index is 0.0270. The third-order valence-electron chi connectivity index (χ3n) is 3.32. The highest BCUT2D eigenvalue weighted by molar-refractivity contribution is 5.14. The predicted octanol–water partition coefficient (Wildman–Crippen LogP) is 1.83. The van der Waals surface area contributed by atoms with Gasteiger partial charge in [-0.2, -0.15) is 0 Å². The summed E-state index contributed by atoms with van der Waals surface area (Å²) in [6.45, 7) is 1.93. The zero-order valence-corrected chi connectivity index (χ0v) is 12.1. The van der Waals surface area contributed by atoms with Crippen LogP contribution in [0.2, 0.25) is 0 Å². The van der Waals surface area contributed by atoms with E-state index in [1.807, 2.05) is 30.3 Å². The smallest absolute Gasteiger partial charge is 0.0822 e. The number of hydrogen-bond acceptors (Lipinski definition) is 3. The number of hydrogen-bond donors (Lipinski definition) is 2. The Hall–Kier alpha value is -0.940. The van der Waals surface area contributed by atoms with Crippen molar-refractivity contribution in [2.45, 2.75) is 38.3 Å². The van der Waals surface area contributed by atoms with Gasteiger partial charge in [0.05, 0.1) is 19.3 Å². The lowest BCUT2D eigenvalue weighted by Crippen LogP contribution is -2.34. The lowest BCUT2D eigenvalue weighted by Gasteiger charge is -2.24. The standard InChI is InChI=1S/C16H26NO3/c18-11-6-2-5-9-16(20)14-17(10-12-19)13-15-7-3-1-4-8-15/h1,3-4,7-8,16,19-20H,2,5-6,9-14H2. The van der Waals surface area contributed by atoms with Crippen molar-refractivity contribution in [1.82, 2.24) is 4.90 Å². The Morgan fingerprint density at radius 2 is 1.85 bits per heavy atom. The number of rotatable bonds is 11. The highest BCUT2D eigenvalue weighted by Gasteiger charge is 2.11. The third-order valence-corrected chi connectivity index (χ3v) is 3.32. The zero-order valence-electron chi connectivity index (χ0n) is 12.1. The Labute approximate surface area is 121 Å². The molecule has 113 valence electrons. The average Bonchev–Trinajstić information content (AvgIpc) is 2.45. The molecular formula is C16H26NO3. The summed E-state index contributed by atoms with van der Waals surface area (Å²) in [7, 11) is 0. The van der Waals surface area contributed by atoms with Gasteiger partial charge in [-0.05, 0) is 18.4 Å². The van der Waals surface area contributed by atoms with Crippen LogP contribution in [0.1, 0.15) is 31.2 Å². The average molecular weight is 280 g/mol. The van der Waals surface area contributed by atoms with Gasteiger partial charge < -0.3 is 10.2 Å². The second-order valence-corrected chi connectivity index (χ2v) is 5.15. The maximum absolute atomic E-state index is 10.3. The first-order chi connectivity index (χ1) is 9.76. The van der Waals surface area contributed by atoms with E-state index in [0.29, 0.717) is 19.5 Å². The summed E-state index contributed by atoms with van der Waals surface area (Å²) in [5, 5.41) is 29.5. The van der Waals surface area contributed by atoms with Crippen LogP contribution in [-0.2, 0) is 11.7 Å². The van der Waals surface area contributed by atoms with Gasteiger partial charge in [-0.1, -0.05) is 43.2 Å². The van der Waals surface area contributed by atoms with Crippen LogP contribution < -0.4 is 0 Å². The van der Waals surface area contributed by atoms with E-state index in [2.05, 4.69) is 4.90 Å². The Bertz CT molecular complexity index is 332. The molecule has 1 atom stereocenters. The van der Waals surface area contributed by atoms with Crippen LogP contribution in [-0.4, -0.2) is 47.5 Å². The van der Waals surface area contributed by atoms with E-state index in [1.54, 1.807) is 0 Å². The van der Waals surface area contributed by atoms with Crippen molar-refractivity contribution in [3.63, 3.8) is 0 Å². The van der Waals surface area contributed by atoms with Crippen LogP contribution in [0, 0.1) is 0 Å². The number of benzene rings is 1. The SMILES string of the molecule is [O]CCCCCC(O)CN(CCO)Cc1ccccc1. The predicted molar refractivity (Wildman–Crippen MR) is 78.8 cm³/mol. The van der Waals surface area contributed by atoms with Crippen molar-refractivity contribution in [1.29, 1.82) is 0 Å². The Morgan fingerprint density at radius 3 is 2.50 bits per heavy atom. The van der Waals surface area contributed by atoms with Crippen molar-refractivity contribution < 1.29 is 15.3 Å². The van der Waals surface area contributed by atoms with Gasteiger partial charge in [0, 0.05) is 19.6 Å². The Balaban J connectivity index is 2.34. The molecule has 1 unspecified atom stereocenters. The van der Waals surface area contributed by atoms with E-state index < -0.39 is 6.10 Å². The number of nitrogens with zero attached hydrogens (tertiary/aromatic N) is 1. The summed E-state index contributed by atoms with van der Waals surface area (Å²) in [4.78, 5) is 2.06. The number of aliphatic hydroxyl groups excluding tert-OH is 2. The van der Waals surface area contributed by atoms with Crippen LogP contribution in [0.5, 0.6) is 0 Å². The van der Waals surface area contributed by atoms with Crippen LogP contribution in [0.4, 0.5) is 0 Å². The molecule has 0 saturated heterocycles. The fourth-order valence-corrected chi connectivity index (χ4v) is 2.27. The van der Waals surface area contributed by atoms with Crippen LogP contribution >= 0.6 is 0 Å². The summed E-state index contributed by atoms with van der Waals surface area (Å²) in [6.07, 6.45) is 2.80. The topological polar surface area (TPSA) is 63.6 Å². The van der Waals surface area contributed by atoms with Crippen molar-refractivity contribution >= 4 is 0 Å². The van der Waals surface area contributed by atoms with Gasteiger partial charge in [0.1, 0.15) is 0 Å². The van der Waals surface area contributed by atoms with E-state index in [4.69, 9.17) is 5.11 Å². The molecule has 2 N–H and O–H groups in total. The van der Waals surface area contributed by atoms with Crippen LogP contribution in [0.25, 0.3) is 0 Å². The van der Waals surface area contributed by atoms with Crippen molar-refractivity contribution in [3.05, 3.63) is 35.9 Å². The molecule has 1 radical (unpaired) electrons. The molecule has 1 aromatic rings. The zero-order chi connectivity index (χ0) is 14.6. The molecule has 0 amide bonds. The fraction of sp³-hybridized carbons (Fsp3) is 0.625. The molecule has 0 aliphatic carbocycles. The van der Waals surface area contributed by atoms with E-state index in [-0.39, 0.29) is 13.2 Å². The van der Waals surface area contributed by atoms with E-state index in [0.717, 1.165) is 25.8 Å². The van der Waals surface area contributed by atoms with Crippen LogP contribution in [0.15, 0.2) is 30.3 Å². The second-order valence-electron chi connectivity index (χ2n) is 5.15. The second kappa shape index (κ2) is 10.8. The molecule has 0 aromatic heterocycles. The lowest BCUT2D eigenvalue weighted by atomic mass is 10.1. The molecule has 20 heavy (non-hydrogen) atoms. The number of aliphatic hydroxyl groups is 2. The lowest BCUT2D eigenvalue weighted by molar-refractivity contribution is 0.0870. The van der Waals surface area contributed by atoms with E-state index >= 15 is 0 Å². The Morgan fingerprint density at radius 1 is 1.10 bits per heavy atom. The van der Waals surface area contributed by atoms with Gasteiger partial charge >= 0.3 is 0 Å². The first kappa shape index (κ1) is 17.1. The fourth-order valence-electron chi connectivity index (χ4n) is 2.27. The molecule has 0 fully saturated rings. The molecule has 0 aliphatic rings. The first-order valence-electron chi connectivity index (χ1n) is 7.39. The molecule has 1 aromatic carbocycles. The molecule has 4 heteroatoms. The summed E-state index contributed by atoms with van der Waals surface area (Å²) < 4.78 is 0. The molecule has 0 saturated carbocycles. The van der Waals surface area contributed by atoms with Gasteiger partial charge in [-0.3, -0.25) is 4.90 Å². The largest absolute Gasteiger partial charge is 0.395 e. The molecule has 0 aliphatic heterocycles. The van der Waals surface area contributed by atoms with Crippen LogP contribution in [0.3, 0.4) is 0 Å². The summed E-state index contributed by atoms with van der Waals surface area (Å²) >= 11 is 0. The maximum Gasteiger partial charge on any atom is 0.0822 e. The molecule has 1 rings (SSSR count). The third kappa shape index (κ3) is 7.60. The highest BCUT2D eigenvalue weighted by atomic mass is 16.3. The van der Waals surface area contributed by atoms with Gasteiger partial charge in [0.25, 0.3) is 0 Å². The molecular weight excluding hydrogens is 254 g/mol. The molecule has 0 bridgehead atoms. The van der Waals surface area contributed by atoms with Crippen molar-refractivity contribution in [2.75, 3.05) is 26.3 Å². The monoisotopic (exact) mass is 280 g/mol. The summed E-state index contributed by atoms with van der Waals surface area (Å²) in [5.74, 6) is 0. The van der Waals surface area contributed by atoms with E-state index in [9.17, 15) is 10.2 Å². The van der Waals surface area contributed by atoms with Crippen molar-refractivity contribution in [2.24, 2.45) is 0 Å². The quantitative estimate of drug-likeness (QED) is 0.608. The number of unbranched alkanes of at least 4 members (excludes halogenated alkanes) is 2. The highest BCUT2D eigenvalue weighted by Crippen LogP contribution is 2.08. The molecule has 0 spiro atoms. The summed E-state index contributed by atoms with van der Waals surface area (Å²) in [6, 6.07) is 10.1. The minimum Gasteiger partial charge on any atom is -0.395 e. The van der Waals surface area contributed by atoms with Gasteiger partial charge in [-0.25, -0.2) is 5.11 Å².